The molecular formula is C19H16NSe+. The Morgan fingerprint density at radius 1 is 0.905 bits per heavy atom. The van der Waals surface area contributed by atoms with Crippen LogP contribution in [-0.4, -0.2) is 13.9 Å². The van der Waals surface area contributed by atoms with Crippen LogP contribution in [0.1, 0.15) is 11.1 Å². The molecule has 1 unspecified atom stereocenters. The van der Waals surface area contributed by atoms with Crippen molar-refractivity contribution in [1.29, 1.82) is 5.26 Å². The van der Waals surface area contributed by atoms with E-state index in [-0.39, 0.29) is 0 Å². The number of benzene rings is 2. The average Bonchev–Trinajstić information content (AvgIpc) is 2.56. The number of hydrogen-bond acceptors (Lipinski definition) is 1. The quantitative estimate of drug-likeness (QED) is 0.727. The monoisotopic (exact) mass is 338 g/mol. The maximum atomic E-state index is 9.37. The Balaban J connectivity index is 2.20. The number of hydrogen-bond donors (Lipinski definition) is 0. The van der Waals surface area contributed by atoms with Crippen LogP contribution in [0.15, 0.2) is 71.2 Å². The van der Waals surface area contributed by atoms with Crippen molar-refractivity contribution in [3.63, 3.8) is 0 Å². The molecule has 102 valence electrons. The van der Waals surface area contributed by atoms with Crippen molar-refractivity contribution in [3.05, 3.63) is 82.3 Å². The van der Waals surface area contributed by atoms with E-state index >= 15 is 0 Å². The van der Waals surface area contributed by atoms with E-state index in [1.807, 2.05) is 12.1 Å². The zero-order valence-corrected chi connectivity index (χ0v) is 13.6. The Labute approximate surface area is 130 Å². The Kier molecular flexibility index (Phi) is 4.06. The number of rotatable bonds is 2. The summed E-state index contributed by atoms with van der Waals surface area (Å²) in [5, 5.41) is 10.4. The fourth-order valence-electron chi connectivity index (χ4n) is 2.55. The van der Waals surface area contributed by atoms with Crippen molar-refractivity contribution in [2.45, 2.75) is 11.1 Å². The third kappa shape index (κ3) is 2.85. The third-order valence-corrected chi connectivity index (χ3v) is 7.18. The summed E-state index contributed by atoms with van der Waals surface area (Å²) in [6.07, 6.45) is 2.12. The van der Waals surface area contributed by atoms with Crippen LogP contribution in [0.2, 0.25) is 11.1 Å². The molecule has 0 bridgehead atoms. The predicted octanol–water partition coefficient (Wildman–Crippen LogP) is 4.72. The maximum absolute atomic E-state index is 9.37. The molecule has 0 aromatic heterocycles. The molecule has 0 saturated carbocycles. The number of allylic oxidation sites excluding steroid dienone is 4. The van der Waals surface area contributed by atoms with Crippen LogP contribution in [0.5, 0.6) is 0 Å². The molecule has 0 saturated heterocycles. The molecule has 3 rings (SSSR count). The number of nitriles is 1. The average molecular weight is 337 g/mol. The molecule has 2 heteroatoms. The van der Waals surface area contributed by atoms with Gasteiger partial charge in [0.15, 0.2) is 0 Å². The van der Waals surface area contributed by atoms with Gasteiger partial charge in [0.2, 0.25) is 0 Å². The summed E-state index contributed by atoms with van der Waals surface area (Å²) >= 11 is -1.01. The van der Waals surface area contributed by atoms with Crippen molar-refractivity contribution in [2.75, 3.05) is 0 Å². The van der Waals surface area contributed by atoms with E-state index in [0.717, 1.165) is 9.79 Å². The molecule has 0 fully saturated rings. The van der Waals surface area contributed by atoms with E-state index in [4.69, 9.17) is 0 Å². The van der Waals surface area contributed by atoms with Gasteiger partial charge in [-0.3, -0.25) is 0 Å². The van der Waals surface area contributed by atoms with E-state index < -0.39 is 13.9 Å². The van der Waals surface area contributed by atoms with E-state index in [1.54, 1.807) is 0 Å². The molecule has 2 aromatic rings. The van der Waals surface area contributed by atoms with Crippen LogP contribution in [-0.2, 0) is 0 Å². The summed E-state index contributed by atoms with van der Waals surface area (Å²) in [6.45, 7) is 0. The summed E-state index contributed by atoms with van der Waals surface area (Å²) in [6, 6.07) is 23.3. The zero-order valence-electron chi connectivity index (χ0n) is 11.9. The Morgan fingerprint density at radius 2 is 1.48 bits per heavy atom. The van der Waals surface area contributed by atoms with Gasteiger partial charge >= 0.3 is 130 Å². The first-order valence-electron chi connectivity index (χ1n) is 6.88. The van der Waals surface area contributed by atoms with Crippen molar-refractivity contribution in [1.82, 2.24) is 0 Å². The minimum absolute atomic E-state index is 0.994. The zero-order chi connectivity index (χ0) is 14.7. The van der Waals surface area contributed by atoms with Crippen LogP contribution >= 0.6 is 0 Å². The van der Waals surface area contributed by atoms with Gasteiger partial charge in [0.05, 0.1) is 0 Å². The van der Waals surface area contributed by atoms with Gasteiger partial charge < -0.3 is 0 Å². The van der Waals surface area contributed by atoms with Crippen molar-refractivity contribution < 1.29 is 0 Å². The predicted molar refractivity (Wildman–Crippen MR) is 89.8 cm³/mol. The van der Waals surface area contributed by atoms with Gasteiger partial charge in [-0.05, 0) is 0 Å². The second kappa shape index (κ2) is 6.14. The molecule has 1 aliphatic rings. The molecule has 0 N–H and O–H groups in total. The first-order chi connectivity index (χ1) is 10.3. The third-order valence-electron chi connectivity index (χ3n) is 3.65. The van der Waals surface area contributed by atoms with Crippen LogP contribution in [0, 0.1) is 11.3 Å². The fourth-order valence-corrected chi connectivity index (χ4v) is 5.46. The first-order valence-corrected chi connectivity index (χ1v) is 10.7. The van der Waals surface area contributed by atoms with Crippen molar-refractivity contribution in [3.8, 4) is 6.07 Å². The molecule has 21 heavy (non-hydrogen) atoms. The molecule has 0 spiro atoms. The molecular weight excluding hydrogens is 321 g/mol. The van der Waals surface area contributed by atoms with Crippen molar-refractivity contribution in [2.24, 2.45) is 0 Å². The fraction of sp³-hybridized carbons (Fsp3) is 0.105. The second-order valence-corrected chi connectivity index (χ2v) is 9.23. The van der Waals surface area contributed by atoms with Crippen LogP contribution in [0.4, 0.5) is 0 Å². The summed E-state index contributed by atoms with van der Waals surface area (Å²) in [4.78, 5) is 0. The van der Waals surface area contributed by atoms with Gasteiger partial charge in [-0.1, -0.05) is 0 Å². The normalized spacial score (nSPS) is 18.1. The first kappa shape index (κ1) is 13.9. The molecule has 1 aliphatic heterocycles. The van der Waals surface area contributed by atoms with Crippen LogP contribution in [0.25, 0.3) is 11.1 Å². The van der Waals surface area contributed by atoms with Gasteiger partial charge in [0.1, 0.15) is 0 Å². The Hall–Kier alpha value is -2.07. The summed E-state index contributed by atoms with van der Waals surface area (Å²) in [5.41, 5.74) is 5.07. The molecule has 0 aliphatic carbocycles. The second-order valence-electron chi connectivity index (χ2n) is 5.03. The molecule has 1 atom stereocenters. The van der Waals surface area contributed by atoms with Gasteiger partial charge in [0.25, 0.3) is 0 Å². The molecule has 0 amide bonds. The SMILES string of the molecule is C[Se+]1CC(c2ccccc2)=C(c2ccccc2)C=C1C#N. The van der Waals surface area contributed by atoms with Gasteiger partial charge in [-0.25, -0.2) is 0 Å². The summed E-state index contributed by atoms with van der Waals surface area (Å²) in [5.74, 6) is 2.25. The van der Waals surface area contributed by atoms with Crippen LogP contribution < -0.4 is 0 Å². The Morgan fingerprint density at radius 3 is 2.05 bits per heavy atom. The van der Waals surface area contributed by atoms with Gasteiger partial charge in [0, 0.05) is 0 Å². The standard InChI is InChI=1S/C19H16NSe/c1-21-14-19(16-10-6-3-7-11-16)18(12-17(21)13-20)15-8-4-2-5-9-15/h2-12H,14H2,1H3/q+1. The van der Waals surface area contributed by atoms with E-state index in [2.05, 4.69) is 66.5 Å². The molecule has 0 radical (unpaired) electrons. The molecule has 1 nitrogen and oxygen atoms in total. The Bertz CT molecular complexity index is 736. The van der Waals surface area contributed by atoms with Crippen molar-refractivity contribution >= 4 is 25.0 Å². The summed E-state index contributed by atoms with van der Waals surface area (Å²) in [7, 11) is 0. The van der Waals surface area contributed by atoms with E-state index in [1.165, 1.54) is 22.3 Å². The topological polar surface area (TPSA) is 23.8 Å². The van der Waals surface area contributed by atoms with Crippen LogP contribution in [0.3, 0.4) is 0 Å². The van der Waals surface area contributed by atoms with E-state index in [0.29, 0.717) is 0 Å². The molecule has 1 heterocycles. The van der Waals surface area contributed by atoms with Gasteiger partial charge in [-0.15, -0.1) is 0 Å². The molecule has 2 aromatic carbocycles. The minimum atomic E-state index is -1.01. The summed E-state index contributed by atoms with van der Waals surface area (Å²) < 4.78 is 0.994. The number of nitrogens with zero attached hydrogens (tertiary/aromatic N) is 1. The van der Waals surface area contributed by atoms with Gasteiger partial charge in [-0.2, -0.15) is 0 Å². The van der Waals surface area contributed by atoms with E-state index in [9.17, 15) is 5.26 Å².